The molecule has 0 saturated heterocycles. The van der Waals surface area contributed by atoms with Gasteiger partial charge in [0.2, 0.25) is 0 Å². The molecule has 3 rings (SSSR count). The fourth-order valence-corrected chi connectivity index (χ4v) is 2.80. The lowest BCUT2D eigenvalue weighted by Crippen LogP contribution is -2.49. The molecular formula is C12H20N4. The fraction of sp³-hybridized carbons (Fsp3) is 0.833. The molecule has 0 unspecified atom stereocenters. The first-order valence-corrected chi connectivity index (χ1v) is 6.47. The molecule has 1 aliphatic carbocycles. The number of aromatic nitrogens is 3. The molecule has 1 saturated carbocycles. The van der Waals surface area contributed by atoms with Gasteiger partial charge in [-0.05, 0) is 32.1 Å². The molecule has 1 aromatic heterocycles. The van der Waals surface area contributed by atoms with Crippen LogP contribution in [-0.2, 0) is 19.4 Å². The lowest BCUT2D eigenvalue weighted by Gasteiger charge is -2.37. The molecular weight excluding hydrogens is 200 g/mol. The van der Waals surface area contributed by atoms with Crippen LogP contribution in [0.5, 0.6) is 0 Å². The van der Waals surface area contributed by atoms with Gasteiger partial charge in [-0.1, -0.05) is 6.42 Å². The van der Waals surface area contributed by atoms with E-state index in [2.05, 4.69) is 14.8 Å². The number of hydrogen-bond acceptors (Lipinski definition) is 3. The van der Waals surface area contributed by atoms with Crippen LogP contribution < -0.4 is 5.73 Å². The van der Waals surface area contributed by atoms with Crippen LogP contribution in [-0.4, -0.2) is 20.3 Å². The van der Waals surface area contributed by atoms with Gasteiger partial charge in [-0.2, -0.15) is 0 Å². The van der Waals surface area contributed by atoms with Gasteiger partial charge in [0.05, 0.1) is 0 Å². The zero-order valence-electron chi connectivity index (χ0n) is 9.78. The molecule has 0 radical (unpaired) electrons. The molecule has 2 N–H and O–H groups in total. The van der Waals surface area contributed by atoms with Crippen LogP contribution in [0, 0.1) is 0 Å². The Morgan fingerprint density at radius 2 is 2.00 bits per heavy atom. The van der Waals surface area contributed by atoms with Gasteiger partial charge < -0.3 is 10.3 Å². The SMILES string of the molecule is NC1(Cc2nnc3n2CCCCC3)CCC1. The summed E-state index contributed by atoms with van der Waals surface area (Å²) in [5, 5.41) is 8.66. The molecule has 0 atom stereocenters. The normalized spacial score (nSPS) is 23.3. The summed E-state index contributed by atoms with van der Waals surface area (Å²) in [6, 6.07) is 0. The molecule has 2 aliphatic rings. The first-order valence-electron chi connectivity index (χ1n) is 6.47. The van der Waals surface area contributed by atoms with Crippen molar-refractivity contribution in [1.82, 2.24) is 14.8 Å². The Kier molecular flexibility index (Phi) is 2.46. The molecule has 4 nitrogen and oxygen atoms in total. The Labute approximate surface area is 96.2 Å². The number of rotatable bonds is 2. The second-order valence-corrected chi connectivity index (χ2v) is 5.39. The predicted molar refractivity (Wildman–Crippen MR) is 62.1 cm³/mol. The highest BCUT2D eigenvalue weighted by atomic mass is 15.3. The van der Waals surface area contributed by atoms with Crippen LogP contribution in [0.2, 0.25) is 0 Å². The molecule has 1 aromatic rings. The maximum atomic E-state index is 6.29. The minimum Gasteiger partial charge on any atom is -0.325 e. The lowest BCUT2D eigenvalue weighted by atomic mass is 9.75. The Morgan fingerprint density at radius 3 is 2.75 bits per heavy atom. The van der Waals surface area contributed by atoms with Gasteiger partial charge in [0.15, 0.2) is 0 Å². The van der Waals surface area contributed by atoms with Gasteiger partial charge in [0.1, 0.15) is 11.6 Å². The molecule has 0 aromatic carbocycles. The molecule has 88 valence electrons. The molecule has 1 fully saturated rings. The monoisotopic (exact) mass is 220 g/mol. The molecule has 0 spiro atoms. The van der Waals surface area contributed by atoms with Gasteiger partial charge in [-0.25, -0.2) is 0 Å². The summed E-state index contributed by atoms with van der Waals surface area (Å²) in [5.74, 6) is 2.30. The van der Waals surface area contributed by atoms with E-state index in [1.807, 2.05) is 0 Å². The number of nitrogens with zero attached hydrogens (tertiary/aromatic N) is 3. The molecule has 0 bridgehead atoms. The minimum atomic E-state index is 0.0239. The van der Waals surface area contributed by atoms with Crippen LogP contribution in [0.3, 0.4) is 0 Å². The summed E-state index contributed by atoms with van der Waals surface area (Å²) in [7, 11) is 0. The molecule has 2 heterocycles. The van der Waals surface area contributed by atoms with Crippen LogP contribution in [0.4, 0.5) is 0 Å². The van der Waals surface area contributed by atoms with Crippen molar-refractivity contribution in [3.05, 3.63) is 11.6 Å². The Hall–Kier alpha value is -0.900. The Bertz CT molecular complexity index is 378. The Balaban J connectivity index is 1.81. The van der Waals surface area contributed by atoms with Crippen molar-refractivity contribution in [3.63, 3.8) is 0 Å². The quantitative estimate of drug-likeness (QED) is 0.820. The van der Waals surface area contributed by atoms with E-state index < -0.39 is 0 Å². The summed E-state index contributed by atoms with van der Waals surface area (Å²) in [4.78, 5) is 0. The van der Waals surface area contributed by atoms with Gasteiger partial charge >= 0.3 is 0 Å². The van der Waals surface area contributed by atoms with Gasteiger partial charge in [-0.3, -0.25) is 0 Å². The predicted octanol–water partition coefficient (Wildman–Crippen LogP) is 1.43. The smallest absolute Gasteiger partial charge is 0.134 e. The molecule has 0 amide bonds. The number of fused-ring (bicyclic) bond motifs is 1. The maximum Gasteiger partial charge on any atom is 0.134 e. The number of hydrogen-bond donors (Lipinski definition) is 1. The maximum absolute atomic E-state index is 6.29. The van der Waals surface area contributed by atoms with Crippen LogP contribution >= 0.6 is 0 Å². The lowest BCUT2D eigenvalue weighted by molar-refractivity contribution is 0.240. The molecule has 4 heteroatoms. The highest BCUT2D eigenvalue weighted by Gasteiger charge is 2.34. The van der Waals surface area contributed by atoms with E-state index in [1.54, 1.807) is 0 Å². The number of aryl methyl sites for hydroxylation is 1. The highest BCUT2D eigenvalue weighted by Crippen LogP contribution is 2.32. The third kappa shape index (κ3) is 1.75. The van der Waals surface area contributed by atoms with Crippen molar-refractivity contribution in [3.8, 4) is 0 Å². The Morgan fingerprint density at radius 1 is 1.12 bits per heavy atom. The first kappa shape index (κ1) is 10.3. The van der Waals surface area contributed by atoms with E-state index in [-0.39, 0.29) is 5.54 Å². The third-order valence-electron chi connectivity index (χ3n) is 4.05. The summed E-state index contributed by atoms with van der Waals surface area (Å²) in [6.07, 6.45) is 9.41. The van der Waals surface area contributed by atoms with Crippen LogP contribution in [0.25, 0.3) is 0 Å². The van der Waals surface area contributed by atoms with E-state index in [0.717, 1.165) is 38.1 Å². The van der Waals surface area contributed by atoms with Crippen molar-refractivity contribution in [1.29, 1.82) is 0 Å². The van der Waals surface area contributed by atoms with E-state index in [9.17, 15) is 0 Å². The van der Waals surface area contributed by atoms with Gasteiger partial charge in [-0.15, -0.1) is 10.2 Å². The summed E-state index contributed by atoms with van der Waals surface area (Å²) in [5.41, 5.74) is 6.31. The van der Waals surface area contributed by atoms with Crippen molar-refractivity contribution < 1.29 is 0 Å². The van der Waals surface area contributed by atoms with E-state index >= 15 is 0 Å². The van der Waals surface area contributed by atoms with Gasteiger partial charge in [0, 0.05) is 24.9 Å². The van der Waals surface area contributed by atoms with Crippen molar-refractivity contribution >= 4 is 0 Å². The second-order valence-electron chi connectivity index (χ2n) is 5.39. The zero-order valence-corrected chi connectivity index (χ0v) is 9.78. The summed E-state index contributed by atoms with van der Waals surface area (Å²) >= 11 is 0. The average Bonchev–Trinajstić information content (AvgIpc) is 2.48. The summed E-state index contributed by atoms with van der Waals surface area (Å²) in [6.45, 7) is 1.09. The average molecular weight is 220 g/mol. The van der Waals surface area contributed by atoms with Crippen molar-refractivity contribution in [2.75, 3.05) is 0 Å². The first-order chi connectivity index (χ1) is 7.77. The standard InChI is InChI=1S/C12H20N4/c13-12(6-4-7-12)9-11-15-14-10-5-2-1-3-8-16(10)11/h1-9,13H2. The van der Waals surface area contributed by atoms with E-state index in [4.69, 9.17) is 5.73 Å². The topological polar surface area (TPSA) is 56.7 Å². The molecule has 1 aliphatic heterocycles. The van der Waals surface area contributed by atoms with E-state index in [1.165, 1.54) is 31.5 Å². The number of nitrogens with two attached hydrogens (primary N) is 1. The summed E-state index contributed by atoms with van der Waals surface area (Å²) < 4.78 is 2.32. The second kappa shape index (κ2) is 3.84. The highest BCUT2D eigenvalue weighted by molar-refractivity contribution is 5.06. The fourth-order valence-electron chi connectivity index (χ4n) is 2.80. The minimum absolute atomic E-state index is 0.0239. The van der Waals surface area contributed by atoms with Crippen LogP contribution in [0.15, 0.2) is 0 Å². The van der Waals surface area contributed by atoms with Gasteiger partial charge in [0.25, 0.3) is 0 Å². The molecule has 16 heavy (non-hydrogen) atoms. The zero-order chi connectivity index (χ0) is 11.0. The van der Waals surface area contributed by atoms with E-state index in [0.29, 0.717) is 0 Å². The van der Waals surface area contributed by atoms with Crippen molar-refractivity contribution in [2.24, 2.45) is 5.73 Å². The van der Waals surface area contributed by atoms with Crippen LogP contribution in [0.1, 0.15) is 50.2 Å². The largest absolute Gasteiger partial charge is 0.325 e. The van der Waals surface area contributed by atoms with Crippen molar-refractivity contribution in [2.45, 2.75) is 63.5 Å². The third-order valence-corrected chi connectivity index (χ3v) is 4.05.